The lowest BCUT2D eigenvalue weighted by molar-refractivity contribution is 0.507. The lowest BCUT2D eigenvalue weighted by Crippen LogP contribution is -1.95. The molecule has 1 aromatic carbocycles. The Morgan fingerprint density at radius 1 is 1.18 bits per heavy atom. The van der Waals surface area contributed by atoms with E-state index < -0.39 is 11.6 Å². The molecule has 2 rings (SSSR count). The van der Waals surface area contributed by atoms with Gasteiger partial charge in [-0.1, -0.05) is 27.5 Å². The minimum atomic E-state index is -0.940. The predicted octanol–water partition coefficient (Wildman–Crippen LogP) is 5.93. The maximum absolute atomic E-state index is 13.2. The maximum atomic E-state index is 13.2. The van der Waals surface area contributed by atoms with Gasteiger partial charge in [-0.15, -0.1) is 11.3 Å². The number of alkyl halides is 1. The summed E-state index contributed by atoms with van der Waals surface area (Å²) in [4.78, 5) is -0.257. The van der Waals surface area contributed by atoms with Gasteiger partial charge in [0.25, 0.3) is 0 Å². The molecule has 0 radical (unpaired) electrons. The van der Waals surface area contributed by atoms with E-state index in [1.807, 2.05) is 11.4 Å². The van der Waals surface area contributed by atoms with E-state index in [0.717, 1.165) is 21.5 Å². The molecule has 1 aromatic heterocycles. The highest BCUT2D eigenvalue weighted by Crippen LogP contribution is 2.38. The first-order valence-corrected chi connectivity index (χ1v) is 7.48. The second-order valence-electron chi connectivity index (χ2n) is 3.33. The van der Waals surface area contributed by atoms with Gasteiger partial charge in [0.2, 0.25) is 0 Å². The van der Waals surface area contributed by atoms with Crippen molar-refractivity contribution in [1.82, 2.24) is 0 Å². The standard InChI is InChI=1S/C11H5Br2ClF2S/c12-10-1-5(4-17-10)11(13)6-2-8(15)9(16)3-7(6)14/h1-4,11H. The summed E-state index contributed by atoms with van der Waals surface area (Å²) in [6, 6.07) is 4.01. The zero-order valence-corrected chi connectivity index (χ0v) is 12.9. The first-order chi connectivity index (χ1) is 7.99. The molecule has 0 aliphatic rings. The van der Waals surface area contributed by atoms with Crippen molar-refractivity contribution >= 4 is 54.8 Å². The highest BCUT2D eigenvalue weighted by Gasteiger charge is 2.18. The molecule has 17 heavy (non-hydrogen) atoms. The third-order valence-electron chi connectivity index (χ3n) is 2.19. The Bertz CT molecular complexity index is 556. The van der Waals surface area contributed by atoms with Gasteiger partial charge in [0, 0.05) is 5.02 Å². The molecule has 0 saturated carbocycles. The van der Waals surface area contributed by atoms with Crippen LogP contribution in [0.15, 0.2) is 27.4 Å². The summed E-state index contributed by atoms with van der Waals surface area (Å²) in [7, 11) is 0. The summed E-state index contributed by atoms with van der Waals surface area (Å²) in [5, 5.41) is 2.12. The normalized spacial score (nSPS) is 12.8. The summed E-state index contributed by atoms with van der Waals surface area (Å²) in [5.74, 6) is -1.84. The van der Waals surface area contributed by atoms with Gasteiger partial charge in [0.15, 0.2) is 11.6 Å². The van der Waals surface area contributed by atoms with Gasteiger partial charge in [-0.05, 0) is 50.6 Å². The van der Waals surface area contributed by atoms with E-state index in [9.17, 15) is 8.78 Å². The molecule has 2 aromatic rings. The smallest absolute Gasteiger partial charge is 0.160 e. The van der Waals surface area contributed by atoms with Gasteiger partial charge in [-0.25, -0.2) is 8.78 Å². The van der Waals surface area contributed by atoms with Crippen LogP contribution in [0.4, 0.5) is 8.78 Å². The largest absolute Gasteiger partial charge is 0.204 e. The van der Waals surface area contributed by atoms with Crippen molar-refractivity contribution in [1.29, 1.82) is 0 Å². The fourth-order valence-electron chi connectivity index (χ4n) is 1.37. The quantitative estimate of drug-likeness (QED) is 0.432. The first kappa shape index (κ1) is 13.5. The van der Waals surface area contributed by atoms with E-state index in [2.05, 4.69) is 31.9 Å². The minimum absolute atomic E-state index is 0.202. The highest BCUT2D eigenvalue weighted by molar-refractivity contribution is 9.11. The van der Waals surface area contributed by atoms with E-state index >= 15 is 0 Å². The van der Waals surface area contributed by atoms with Crippen LogP contribution in [0.25, 0.3) is 0 Å². The van der Waals surface area contributed by atoms with Crippen LogP contribution in [0.2, 0.25) is 5.02 Å². The number of halogens is 5. The Balaban J connectivity index is 2.43. The van der Waals surface area contributed by atoms with Crippen LogP contribution in [-0.4, -0.2) is 0 Å². The molecule has 0 fully saturated rings. The Morgan fingerprint density at radius 3 is 2.41 bits per heavy atom. The zero-order chi connectivity index (χ0) is 12.6. The van der Waals surface area contributed by atoms with Crippen LogP contribution in [0.1, 0.15) is 16.0 Å². The topological polar surface area (TPSA) is 0 Å². The predicted molar refractivity (Wildman–Crippen MR) is 74.2 cm³/mol. The average Bonchev–Trinajstić information content (AvgIpc) is 2.69. The van der Waals surface area contributed by atoms with E-state index in [1.54, 1.807) is 0 Å². The molecular weight excluding hydrogens is 397 g/mol. The monoisotopic (exact) mass is 400 g/mol. The number of rotatable bonds is 2. The van der Waals surface area contributed by atoms with Crippen LogP contribution in [0, 0.1) is 11.6 Å². The number of hydrogen-bond donors (Lipinski definition) is 0. The number of hydrogen-bond acceptors (Lipinski definition) is 1. The second-order valence-corrected chi connectivity index (χ2v) is 6.95. The van der Waals surface area contributed by atoms with Crippen molar-refractivity contribution in [2.45, 2.75) is 4.83 Å². The van der Waals surface area contributed by atoms with E-state index in [-0.39, 0.29) is 9.85 Å². The fraction of sp³-hybridized carbons (Fsp3) is 0.0909. The van der Waals surface area contributed by atoms with Gasteiger partial charge in [-0.3, -0.25) is 0 Å². The summed E-state index contributed by atoms with van der Waals surface area (Å²) in [6.45, 7) is 0. The maximum Gasteiger partial charge on any atom is 0.160 e. The van der Waals surface area contributed by atoms with Crippen molar-refractivity contribution in [3.8, 4) is 0 Å². The van der Waals surface area contributed by atoms with Crippen molar-refractivity contribution in [2.75, 3.05) is 0 Å². The molecule has 90 valence electrons. The van der Waals surface area contributed by atoms with Crippen molar-refractivity contribution in [2.24, 2.45) is 0 Å². The van der Waals surface area contributed by atoms with Gasteiger partial charge in [-0.2, -0.15) is 0 Å². The van der Waals surface area contributed by atoms with Crippen LogP contribution in [0.5, 0.6) is 0 Å². The molecule has 0 saturated heterocycles. The molecule has 1 unspecified atom stereocenters. The Labute approximate surface area is 123 Å². The van der Waals surface area contributed by atoms with Crippen LogP contribution in [0.3, 0.4) is 0 Å². The lowest BCUT2D eigenvalue weighted by atomic mass is 10.1. The molecule has 0 N–H and O–H groups in total. The van der Waals surface area contributed by atoms with Crippen molar-refractivity contribution in [3.63, 3.8) is 0 Å². The van der Waals surface area contributed by atoms with Gasteiger partial charge in [0.1, 0.15) is 0 Å². The average molecular weight is 402 g/mol. The van der Waals surface area contributed by atoms with Gasteiger partial charge < -0.3 is 0 Å². The molecule has 0 spiro atoms. The second kappa shape index (κ2) is 5.34. The molecule has 1 heterocycles. The highest BCUT2D eigenvalue weighted by atomic mass is 79.9. The number of benzene rings is 1. The summed E-state index contributed by atoms with van der Waals surface area (Å²) in [5.41, 5.74) is 1.45. The Hall–Kier alpha value is 0.0300. The lowest BCUT2D eigenvalue weighted by Gasteiger charge is -2.11. The van der Waals surface area contributed by atoms with Crippen molar-refractivity contribution in [3.05, 3.63) is 55.1 Å². The first-order valence-electron chi connectivity index (χ1n) is 4.51. The molecule has 0 aliphatic heterocycles. The zero-order valence-electron chi connectivity index (χ0n) is 8.18. The third kappa shape index (κ3) is 2.89. The van der Waals surface area contributed by atoms with Crippen LogP contribution in [-0.2, 0) is 0 Å². The summed E-state index contributed by atoms with van der Waals surface area (Å²) >= 11 is 14.2. The Kier molecular flexibility index (Phi) is 4.23. The molecule has 0 bridgehead atoms. The van der Waals surface area contributed by atoms with E-state index in [0.29, 0.717) is 5.56 Å². The molecular formula is C11H5Br2ClF2S. The SMILES string of the molecule is Fc1cc(Cl)c(C(Br)c2csc(Br)c2)cc1F. The van der Waals surface area contributed by atoms with Crippen LogP contribution >= 0.6 is 54.8 Å². The third-order valence-corrected chi connectivity index (χ3v) is 5.06. The van der Waals surface area contributed by atoms with Gasteiger partial charge in [0.05, 0.1) is 8.61 Å². The molecule has 0 amide bonds. The van der Waals surface area contributed by atoms with E-state index in [1.165, 1.54) is 11.3 Å². The van der Waals surface area contributed by atoms with Gasteiger partial charge >= 0.3 is 0 Å². The number of thiophene rings is 1. The summed E-state index contributed by atoms with van der Waals surface area (Å²) in [6.07, 6.45) is 0. The molecule has 0 aliphatic carbocycles. The summed E-state index contributed by atoms with van der Waals surface area (Å²) < 4.78 is 27.1. The van der Waals surface area contributed by atoms with Crippen molar-refractivity contribution < 1.29 is 8.78 Å². The molecule has 6 heteroatoms. The Morgan fingerprint density at radius 2 is 1.82 bits per heavy atom. The molecule has 1 atom stereocenters. The van der Waals surface area contributed by atoms with E-state index in [4.69, 9.17) is 11.6 Å². The minimum Gasteiger partial charge on any atom is -0.204 e. The molecule has 0 nitrogen and oxygen atoms in total. The van der Waals surface area contributed by atoms with Crippen LogP contribution < -0.4 is 0 Å². The fourth-order valence-corrected chi connectivity index (χ4v) is 3.78.